The van der Waals surface area contributed by atoms with Gasteiger partial charge in [-0.1, -0.05) is 35.3 Å². The second kappa shape index (κ2) is 6.99. The first kappa shape index (κ1) is 16.4. The van der Waals surface area contributed by atoms with E-state index in [1.165, 1.54) is 18.3 Å². The third-order valence-electron chi connectivity index (χ3n) is 3.37. The van der Waals surface area contributed by atoms with Crippen molar-refractivity contribution in [3.8, 4) is 11.3 Å². The number of carbonyl (C=O) groups excluding carboxylic acids is 1. The Hall–Kier alpha value is -2.43. The molecule has 24 heavy (non-hydrogen) atoms. The second-order valence-corrected chi connectivity index (χ2v) is 5.78. The van der Waals surface area contributed by atoms with Crippen LogP contribution < -0.4 is 5.32 Å². The molecule has 120 valence electrons. The number of nitrogens with zero attached hydrogens (tertiary/aromatic N) is 1. The van der Waals surface area contributed by atoms with Gasteiger partial charge in [-0.3, -0.25) is 9.78 Å². The number of rotatable bonds is 3. The zero-order valence-corrected chi connectivity index (χ0v) is 13.8. The van der Waals surface area contributed by atoms with Crippen molar-refractivity contribution in [3.63, 3.8) is 0 Å². The SMILES string of the molecule is O=C(Nc1ccccc1Cl)c1ccc(-c2ncccc2Cl)c(F)c1. The van der Waals surface area contributed by atoms with E-state index in [0.29, 0.717) is 21.4 Å². The summed E-state index contributed by atoms with van der Waals surface area (Å²) in [6.07, 6.45) is 1.53. The first-order chi connectivity index (χ1) is 11.6. The summed E-state index contributed by atoms with van der Waals surface area (Å²) in [5.74, 6) is -1.04. The van der Waals surface area contributed by atoms with Crippen LogP contribution in [-0.4, -0.2) is 10.9 Å². The molecule has 0 radical (unpaired) electrons. The van der Waals surface area contributed by atoms with Crippen LogP contribution in [0.5, 0.6) is 0 Å². The molecule has 0 spiro atoms. The van der Waals surface area contributed by atoms with Gasteiger partial charge in [-0.25, -0.2) is 4.39 Å². The van der Waals surface area contributed by atoms with Crippen LogP contribution in [0.4, 0.5) is 10.1 Å². The van der Waals surface area contributed by atoms with Gasteiger partial charge in [-0.15, -0.1) is 0 Å². The van der Waals surface area contributed by atoms with Gasteiger partial charge in [0.2, 0.25) is 0 Å². The van der Waals surface area contributed by atoms with E-state index in [-0.39, 0.29) is 11.1 Å². The highest BCUT2D eigenvalue weighted by Gasteiger charge is 2.14. The molecule has 6 heteroatoms. The predicted molar refractivity (Wildman–Crippen MR) is 94.0 cm³/mol. The molecule has 0 bridgehead atoms. The van der Waals surface area contributed by atoms with E-state index < -0.39 is 11.7 Å². The van der Waals surface area contributed by atoms with Gasteiger partial charge in [-0.05, 0) is 42.5 Å². The lowest BCUT2D eigenvalue weighted by atomic mass is 10.1. The molecule has 1 heterocycles. The van der Waals surface area contributed by atoms with Crippen molar-refractivity contribution in [1.29, 1.82) is 0 Å². The predicted octanol–water partition coefficient (Wildman–Crippen LogP) is 5.45. The standard InChI is InChI=1S/C18H11Cl2FN2O/c19-13-4-1-2-6-16(13)23-18(24)11-7-8-12(15(21)10-11)17-14(20)5-3-9-22-17/h1-10H,(H,23,24). The number of carbonyl (C=O) groups is 1. The van der Waals surface area contributed by atoms with E-state index in [1.807, 2.05) is 0 Å². The molecule has 1 N–H and O–H groups in total. The van der Waals surface area contributed by atoms with Crippen molar-refractivity contribution in [2.45, 2.75) is 0 Å². The fraction of sp³-hybridized carbons (Fsp3) is 0. The van der Waals surface area contributed by atoms with Gasteiger partial charge in [0, 0.05) is 17.3 Å². The van der Waals surface area contributed by atoms with Gasteiger partial charge in [0.25, 0.3) is 5.91 Å². The molecule has 0 aliphatic rings. The van der Waals surface area contributed by atoms with Crippen molar-refractivity contribution in [2.75, 3.05) is 5.32 Å². The smallest absolute Gasteiger partial charge is 0.255 e. The minimum absolute atomic E-state index is 0.170. The Labute approximate surface area is 148 Å². The molecule has 0 aliphatic heterocycles. The number of anilines is 1. The van der Waals surface area contributed by atoms with Crippen molar-refractivity contribution in [2.24, 2.45) is 0 Å². The summed E-state index contributed by atoms with van der Waals surface area (Å²) in [6.45, 7) is 0. The summed E-state index contributed by atoms with van der Waals surface area (Å²) in [5.41, 5.74) is 1.19. The fourth-order valence-electron chi connectivity index (χ4n) is 2.19. The molecular weight excluding hydrogens is 350 g/mol. The van der Waals surface area contributed by atoms with Gasteiger partial charge >= 0.3 is 0 Å². The molecule has 1 amide bonds. The minimum Gasteiger partial charge on any atom is -0.321 e. The molecule has 0 atom stereocenters. The van der Waals surface area contributed by atoms with E-state index in [9.17, 15) is 9.18 Å². The minimum atomic E-state index is -0.581. The zero-order valence-electron chi connectivity index (χ0n) is 12.3. The number of benzene rings is 2. The van der Waals surface area contributed by atoms with Crippen molar-refractivity contribution in [1.82, 2.24) is 4.98 Å². The van der Waals surface area contributed by atoms with E-state index in [0.717, 1.165) is 6.07 Å². The maximum atomic E-state index is 14.4. The monoisotopic (exact) mass is 360 g/mol. The zero-order chi connectivity index (χ0) is 17.1. The molecule has 0 saturated carbocycles. The molecule has 3 aromatic rings. The number of amides is 1. The summed E-state index contributed by atoms with van der Waals surface area (Å²) in [6, 6.07) is 14.2. The third-order valence-corrected chi connectivity index (χ3v) is 4.00. The van der Waals surface area contributed by atoms with Gasteiger partial charge in [0.1, 0.15) is 5.82 Å². The third kappa shape index (κ3) is 3.40. The van der Waals surface area contributed by atoms with Crippen LogP contribution in [0.1, 0.15) is 10.4 Å². The first-order valence-corrected chi connectivity index (χ1v) is 7.78. The number of hydrogen-bond acceptors (Lipinski definition) is 2. The number of nitrogens with one attached hydrogen (secondary N) is 1. The van der Waals surface area contributed by atoms with E-state index in [4.69, 9.17) is 23.2 Å². The quantitative estimate of drug-likeness (QED) is 0.674. The van der Waals surface area contributed by atoms with Crippen LogP contribution >= 0.6 is 23.2 Å². The van der Waals surface area contributed by atoms with Crippen molar-refractivity contribution >= 4 is 34.8 Å². The number of pyridine rings is 1. The van der Waals surface area contributed by atoms with Gasteiger partial charge in [0.15, 0.2) is 0 Å². The Balaban J connectivity index is 1.89. The second-order valence-electron chi connectivity index (χ2n) is 4.96. The molecule has 0 saturated heterocycles. The maximum Gasteiger partial charge on any atom is 0.255 e. The summed E-state index contributed by atoms with van der Waals surface area (Å²) in [7, 11) is 0. The van der Waals surface area contributed by atoms with E-state index in [2.05, 4.69) is 10.3 Å². The summed E-state index contributed by atoms with van der Waals surface area (Å²) in [4.78, 5) is 16.3. The van der Waals surface area contributed by atoms with Crippen LogP contribution in [-0.2, 0) is 0 Å². The Morgan fingerprint density at radius 2 is 1.75 bits per heavy atom. The highest BCUT2D eigenvalue weighted by Crippen LogP contribution is 2.28. The number of para-hydroxylation sites is 1. The van der Waals surface area contributed by atoms with Crippen molar-refractivity contribution in [3.05, 3.63) is 82.2 Å². The molecule has 0 aliphatic carbocycles. The lowest BCUT2D eigenvalue weighted by molar-refractivity contribution is 0.102. The number of halogens is 3. The topological polar surface area (TPSA) is 42.0 Å². The lowest BCUT2D eigenvalue weighted by Gasteiger charge is -2.09. The fourth-order valence-corrected chi connectivity index (χ4v) is 2.60. The first-order valence-electron chi connectivity index (χ1n) is 7.02. The average Bonchev–Trinajstić information content (AvgIpc) is 2.57. The summed E-state index contributed by atoms with van der Waals surface area (Å²) in [5, 5.41) is 3.39. The lowest BCUT2D eigenvalue weighted by Crippen LogP contribution is -2.12. The van der Waals surface area contributed by atoms with Gasteiger partial charge in [-0.2, -0.15) is 0 Å². The summed E-state index contributed by atoms with van der Waals surface area (Å²) < 4.78 is 14.4. The van der Waals surface area contributed by atoms with Crippen LogP contribution in [0.15, 0.2) is 60.8 Å². The van der Waals surface area contributed by atoms with E-state index >= 15 is 0 Å². The van der Waals surface area contributed by atoms with Crippen LogP contribution in [0.2, 0.25) is 10.0 Å². The van der Waals surface area contributed by atoms with E-state index in [1.54, 1.807) is 36.4 Å². The maximum absolute atomic E-state index is 14.4. The molecule has 0 unspecified atom stereocenters. The highest BCUT2D eigenvalue weighted by molar-refractivity contribution is 6.34. The molecule has 1 aromatic heterocycles. The Morgan fingerprint density at radius 1 is 1.00 bits per heavy atom. The molecule has 2 aromatic carbocycles. The highest BCUT2D eigenvalue weighted by atomic mass is 35.5. The Morgan fingerprint density at radius 3 is 2.46 bits per heavy atom. The van der Waals surface area contributed by atoms with Crippen LogP contribution in [0.3, 0.4) is 0 Å². The average molecular weight is 361 g/mol. The Bertz CT molecular complexity index is 915. The van der Waals surface area contributed by atoms with Crippen LogP contribution in [0.25, 0.3) is 11.3 Å². The summed E-state index contributed by atoms with van der Waals surface area (Å²) >= 11 is 12.0. The number of aromatic nitrogens is 1. The Kier molecular flexibility index (Phi) is 4.79. The van der Waals surface area contributed by atoms with Gasteiger partial charge in [0.05, 0.1) is 21.4 Å². The van der Waals surface area contributed by atoms with Gasteiger partial charge < -0.3 is 5.32 Å². The normalized spacial score (nSPS) is 10.5. The largest absolute Gasteiger partial charge is 0.321 e. The molecule has 3 rings (SSSR count). The van der Waals surface area contributed by atoms with Crippen LogP contribution in [0, 0.1) is 5.82 Å². The number of hydrogen-bond donors (Lipinski definition) is 1. The van der Waals surface area contributed by atoms with Crippen molar-refractivity contribution < 1.29 is 9.18 Å². The molecule has 3 nitrogen and oxygen atoms in total. The molecule has 0 fully saturated rings. The molecular formula is C18H11Cl2FN2O.